The van der Waals surface area contributed by atoms with Crippen LogP contribution in [0.15, 0.2) is 47.4 Å². The molecule has 0 spiro atoms. The average molecular weight is 366 g/mol. The number of alkyl halides is 3. The number of sulfonamides is 1. The van der Waals surface area contributed by atoms with Gasteiger partial charge in [-0.3, -0.25) is 4.72 Å². The average Bonchev–Trinajstić information content (AvgIpc) is 2.46. The van der Waals surface area contributed by atoms with Crippen molar-refractivity contribution in [2.45, 2.75) is 11.1 Å². The second kappa shape index (κ2) is 6.29. The molecule has 0 saturated heterocycles. The Morgan fingerprint density at radius 3 is 2.22 bits per heavy atom. The Morgan fingerprint density at radius 1 is 1.09 bits per heavy atom. The van der Waals surface area contributed by atoms with E-state index in [4.69, 9.17) is 16.3 Å². The van der Waals surface area contributed by atoms with Gasteiger partial charge in [0.1, 0.15) is 10.6 Å². The molecule has 0 fully saturated rings. The second-order valence-corrected chi connectivity index (χ2v) is 6.53. The summed E-state index contributed by atoms with van der Waals surface area (Å²) in [6.07, 6.45) is -4.67. The summed E-state index contributed by atoms with van der Waals surface area (Å²) in [5.41, 5.74) is -0.934. The Bertz CT molecular complexity index is 805. The molecule has 4 nitrogen and oxygen atoms in total. The molecule has 0 heterocycles. The van der Waals surface area contributed by atoms with E-state index >= 15 is 0 Å². The fourth-order valence-electron chi connectivity index (χ4n) is 1.75. The molecular weight excluding hydrogens is 355 g/mol. The maximum Gasteiger partial charge on any atom is 0.416 e. The van der Waals surface area contributed by atoms with E-state index in [1.54, 1.807) is 0 Å². The topological polar surface area (TPSA) is 55.4 Å². The lowest BCUT2D eigenvalue weighted by Gasteiger charge is -2.13. The minimum Gasteiger partial charge on any atom is -0.497 e. The number of hydrogen-bond donors (Lipinski definition) is 1. The van der Waals surface area contributed by atoms with Crippen molar-refractivity contribution >= 4 is 27.3 Å². The Labute approximate surface area is 135 Å². The van der Waals surface area contributed by atoms with Crippen LogP contribution < -0.4 is 9.46 Å². The Hall–Kier alpha value is -1.93. The van der Waals surface area contributed by atoms with Crippen LogP contribution in [-0.4, -0.2) is 15.5 Å². The molecule has 0 amide bonds. The van der Waals surface area contributed by atoms with Gasteiger partial charge in [-0.2, -0.15) is 13.2 Å². The Balaban J connectivity index is 2.38. The Morgan fingerprint density at radius 2 is 1.70 bits per heavy atom. The number of methoxy groups -OCH3 is 1. The molecule has 9 heteroatoms. The molecule has 2 aromatic carbocycles. The maximum absolute atomic E-state index is 12.7. The summed E-state index contributed by atoms with van der Waals surface area (Å²) in [6.45, 7) is 0. The maximum atomic E-state index is 12.7. The number of rotatable bonds is 4. The minimum absolute atomic E-state index is 0.166. The molecule has 0 aromatic heterocycles. The quantitative estimate of drug-likeness (QED) is 0.884. The third kappa shape index (κ3) is 4.08. The smallest absolute Gasteiger partial charge is 0.416 e. The zero-order valence-electron chi connectivity index (χ0n) is 11.7. The summed E-state index contributed by atoms with van der Waals surface area (Å²) < 4.78 is 69.8. The van der Waals surface area contributed by atoms with Gasteiger partial charge in [-0.15, -0.1) is 0 Å². The predicted molar refractivity (Wildman–Crippen MR) is 80.3 cm³/mol. The summed E-state index contributed by atoms with van der Waals surface area (Å²) >= 11 is 5.74. The molecule has 23 heavy (non-hydrogen) atoms. The number of ether oxygens (including phenoxy) is 1. The monoisotopic (exact) mass is 365 g/mol. The van der Waals surface area contributed by atoms with Crippen LogP contribution in [-0.2, 0) is 16.2 Å². The van der Waals surface area contributed by atoms with Gasteiger partial charge in [-0.25, -0.2) is 8.42 Å². The number of nitrogens with one attached hydrogen (secondary N) is 1. The first-order chi connectivity index (χ1) is 10.6. The SMILES string of the molecule is COc1ccc(NS(=O)(=O)c2cc(C(F)(F)F)ccc2Cl)cc1. The lowest BCUT2D eigenvalue weighted by Crippen LogP contribution is -2.15. The van der Waals surface area contributed by atoms with E-state index in [0.29, 0.717) is 17.9 Å². The number of anilines is 1. The standard InChI is InChI=1S/C14H11ClF3NO3S/c1-22-11-5-3-10(4-6-11)19-23(20,21)13-8-9(14(16,17)18)2-7-12(13)15/h2-8,19H,1H3. The highest BCUT2D eigenvalue weighted by Crippen LogP contribution is 2.34. The predicted octanol–water partition coefficient (Wildman–Crippen LogP) is 4.17. The first-order valence-electron chi connectivity index (χ1n) is 6.17. The third-order valence-corrected chi connectivity index (χ3v) is 4.75. The molecule has 0 aliphatic heterocycles. The van der Waals surface area contributed by atoms with Gasteiger partial charge in [0.25, 0.3) is 10.0 Å². The van der Waals surface area contributed by atoms with Gasteiger partial charge in [0.05, 0.1) is 17.7 Å². The van der Waals surface area contributed by atoms with Gasteiger partial charge >= 0.3 is 6.18 Å². The normalized spacial score (nSPS) is 12.0. The van der Waals surface area contributed by atoms with E-state index in [1.165, 1.54) is 31.4 Å². The van der Waals surface area contributed by atoms with Crippen molar-refractivity contribution in [2.24, 2.45) is 0 Å². The molecule has 2 aromatic rings. The van der Waals surface area contributed by atoms with Gasteiger partial charge in [0.2, 0.25) is 0 Å². The molecule has 0 saturated carbocycles. The van der Waals surface area contributed by atoms with Gasteiger partial charge in [0, 0.05) is 5.69 Å². The number of hydrogen-bond acceptors (Lipinski definition) is 3. The third-order valence-electron chi connectivity index (χ3n) is 2.89. The molecule has 0 aliphatic rings. The number of halogens is 4. The van der Waals surface area contributed by atoms with E-state index in [2.05, 4.69) is 4.72 Å². The van der Waals surface area contributed by atoms with Gasteiger partial charge < -0.3 is 4.74 Å². The molecule has 0 bridgehead atoms. The van der Waals surface area contributed by atoms with Gasteiger partial charge in [-0.1, -0.05) is 11.6 Å². The van der Waals surface area contributed by atoms with Crippen molar-refractivity contribution < 1.29 is 26.3 Å². The Kier molecular flexibility index (Phi) is 4.76. The van der Waals surface area contributed by atoms with Gasteiger partial charge in [0.15, 0.2) is 0 Å². The van der Waals surface area contributed by atoms with E-state index in [-0.39, 0.29) is 10.7 Å². The van der Waals surface area contributed by atoms with Gasteiger partial charge in [-0.05, 0) is 42.5 Å². The highest BCUT2D eigenvalue weighted by Gasteiger charge is 2.32. The first-order valence-corrected chi connectivity index (χ1v) is 8.03. The van der Waals surface area contributed by atoms with Crippen molar-refractivity contribution in [3.63, 3.8) is 0 Å². The van der Waals surface area contributed by atoms with E-state index in [1.807, 2.05) is 0 Å². The first kappa shape index (κ1) is 17.4. The fraction of sp³-hybridized carbons (Fsp3) is 0.143. The highest BCUT2D eigenvalue weighted by atomic mass is 35.5. The summed E-state index contributed by atoms with van der Waals surface area (Å²) in [5.74, 6) is 0.505. The second-order valence-electron chi connectivity index (χ2n) is 4.48. The van der Waals surface area contributed by atoms with E-state index in [9.17, 15) is 21.6 Å². The highest BCUT2D eigenvalue weighted by molar-refractivity contribution is 7.92. The van der Waals surface area contributed by atoms with Crippen LogP contribution in [0.25, 0.3) is 0 Å². The van der Waals surface area contributed by atoms with Crippen molar-refractivity contribution in [3.05, 3.63) is 53.1 Å². The van der Waals surface area contributed by atoms with Crippen molar-refractivity contribution in [3.8, 4) is 5.75 Å². The van der Waals surface area contributed by atoms with Crippen molar-refractivity contribution in [1.29, 1.82) is 0 Å². The summed E-state index contributed by atoms with van der Waals surface area (Å²) in [5, 5.41) is -0.306. The van der Waals surface area contributed by atoms with Crippen LogP contribution in [0.5, 0.6) is 5.75 Å². The molecule has 124 valence electrons. The summed E-state index contributed by atoms with van der Waals surface area (Å²) in [6, 6.07) is 7.95. The van der Waals surface area contributed by atoms with Crippen LogP contribution >= 0.6 is 11.6 Å². The molecule has 2 rings (SSSR count). The molecule has 0 radical (unpaired) electrons. The van der Waals surface area contributed by atoms with E-state index in [0.717, 1.165) is 6.07 Å². The summed E-state index contributed by atoms with van der Waals surface area (Å²) in [4.78, 5) is -0.648. The lowest BCUT2D eigenvalue weighted by atomic mass is 10.2. The molecule has 0 unspecified atom stereocenters. The molecular formula is C14H11ClF3NO3S. The number of benzene rings is 2. The molecule has 1 N–H and O–H groups in total. The van der Waals surface area contributed by atoms with E-state index < -0.39 is 26.7 Å². The largest absolute Gasteiger partial charge is 0.497 e. The van der Waals surface area contributed by atoms with Crippen LogP contribution in [0.3, 0.4) is 0 Å². The zero-order chi connectivity index (χ0) is 17.3. The molecule has 0 aliphatic carbocycles. The lowest BCUT2D eigenvalue weighted by molar-refractivity contribution is -0.137. The molecule has 0 atom stereocenters. The van der Waals surface area contributed by atoms with Crippen LogP contribution in [0.1, 0.15) is 5.56 Å². The zero-order valence-corrected chi connectivity index (χ0v) is 13.3. The minimum atomic E-state index is -4.67. The fourth-order valence-corrected chi connectivity index (χ4v) is 3.34. The van der Waals surface area contributed by atoms with Crippen LogP contribution in [0.4, 0.5) is 18.9 Å². The van der Waals surface area contributed by atoms with Crippen molar-refractivity contribution in [1.82, 2.24) is 0 Å². The van der Waals surface area contributed by atoms with Crippen LogP contribution in [0.2, 0.25) is 5.02 Å². The van der Waals surface area contributed by atoms with Crippen LogP contribution in [0, 0.1) is 0 Å². The summed E-state index contributed by atoms with van der Waals surface area (Å²) in [7, 11) is -2.82. The van der Waals surface area contributed by atoms with Crippen molar-refractivity contribution in [2.75, 3.05) is 11.8 Å².